The Labute approximate surface area is 207 Å². The number of rotatable bonds is 9. The van der Waals surface area contributed by atoms with E-state index in [2.05, 4.69) is 15.4 Å². The molecule has 0 radical (unpaired) electrons. The van der Waals surface area contributed by atoms with Crippen LogP contribution >= 0.6 is 0 Å². The Bertz CT molecular complexity index is 1410. The van der Waals surface area contributed by atoms with E-state index >= 15 is 0 Å². The van der Waals surface area contributed by atoms with Gasteiger partial charge < -0.3 is 19.2 Å². The lowest BCUT2D eigenvalue weighted by atomic mass is 10.1. The number of nitrogens with one attached hydrogen (secondary N) is 1. The first kappa shape index (κ1) is 23.3. The van der Waals surface area contributed by atoms with Crippen LogP contribution in [0.2, 0.25) is 0 Å². The average Bonchev–Trinajstić information content (AvgIpc) is 3.46. The van der Waals surface area contributed by atoms with E-state index in [1.165, 1.54) is 12.3 Å². The molecule has 1 fully saturated rings. The molecule has 1 N–H and O–H groups in total. The number of nitrogens with zero attached hydrogens (tertiary/aromatic N) is 4. The summed E-state index contributed by atoms with van der Waals surface area (Å²) >= 11 is 0. The summed E-state index contributed by atoms with van der Waals surface area (Å²) in [6.45, 7) is 2.10. The van der Waals surface area contributed by atoms with Crippen molar-refractivity contribution in [1.29, 1.82) is 0 Å². The topological polar surface area (TPSA) is 121 Å². The molecule has 36 heavy (non-hydrogen) atoms. The van der Waals surface area contributed by atoms with E-state index < -0.39 is 5.97 Å². The van der Waals surface area contributed by atoms with Gasteiger partial charge in [-0.15, -0.1) is 0 Å². The number of methoxy groups -OCH3 is 1. The average molecular weight is 488 g/mol. The van der Waals surface area contributed by atoms with Gasteiger partial charge in [0.2, 0.25) is 5.76 Å². The first-order chi connectivity index (χ1) is 17.6. The normalized spacial score (nSPS) is 12.8. The minimum atomic E-state index is -0.539. The summed E-state index contributed by atoms with van der Waals surface area (Å²) in [6.07, 6.45) is 5.12. The second-order valence-electron chi connectivity index (χ2n) is 8.24. The molecule has 10 nitrogen and oxygen atoms in total. The van der Waals surface area contributed by atoms with Crippen molar-refractivity contribution in [2.75, 3.05) is 13.7 Å². The quantitative estimate of drug-likeness (QED) is 0.353. The van der Waals surface area contributed by atoms with Crippen molar-refractivity contribution in [3.8, 4) is 23.0 Å². The van der Waals surface area contributed by atoms with Crippen LogP contribution in [0, 0.1) is 0 Å². The van der Waals surface area contributed by atoms with Crippen LogP contribution in [-0.4, -0.2) is 45.3 Å². The number of benzene rings is 1. The summed E-state index contributed by atoms with van der Waals surface area (Å²) in [5, 5.41) is 7.31. The van der Waals surface area contributed by atoms with Crippen molar-refractivity contribution in [3.63, 3.8) is 0 Å². The smallest absolute Gasteiger partial charge is 0.374 e. The zero-order valence-corrected chi connectivity index (χ0v) is 19.9. The number of hydrogen-bond donors (Lipinski definition) is 1. The number of aromatic nitrogens is 4. The molecule has 1 saturated carbocycles. The molecule has 10 heteroatoms. The molecule has 0 aliphatic heterocycles. The Morgan fingerprint density at radius 3 is 2.78 bits per heavy atom. The Morgan fingerprint density at radius 2 is 2.00 bits per heavy atom. The fourth-order valence-electron chi connectivity index (χ4n) is 3.95. The standard InChI is InChI=1S/C26H25N5O5/c1-3-35-25(33)22-11-10-17(36-22)14-28-24(32)19-15-29-31(23(19)16-8-9-16)26-27-13-12-20(30-26)18-6-4-5-7-21(18)34-2/h4-7,10-13,15-16H,3,8-9,14H2,1-2H3,(H,28,32). The Kier molecular flexibility index (Phi) is 6.48. The second kappa shape index (κ2) is 10.0. The van der Waals surface area contributed by atoms with Gasteiger partial charge in [0, 0.05) is 17.7 Å². The number of esters is 1. The molecule has 0 saturated heterocycles. The van der Waals surface area contributed by atoms with Crippen molar-refractivity contribution in [1.82, 2.24) is 25.1 Å². The number of para-hydroxylation sites is 1. The monoisotopic (exact) mass is 487 g/mol. The third kappa shape index (κ3) is 4.70. The number of hydrogen-bond acceptors (Lipinski definition) is 8. The lowest BCUT2D eigenvalue weighted by molar-refractivity contribution is 0.0488. The van der Waals surface area contributed by atoms with Gasteiger partial charge in [0.1, 0.15) is 11.5 Å². The van der Waals surface area contributed by atoms with Crippen molar-refractivity contribution >= 4 is 11.9 Å². The highest BCUT2D eigenvalue weighted by molar-refractivity contribution is 5.95. The Morgan fingerprint density at radius 1 is 1.17 bits per heavy atom. The van der Waals surface area contributed by atoms with Crippen LogP contribution in [0.4, 0.5) is 0 Å². The number of carbonyl (C=O) groups is 2. The summed E-state index contributed by atoms with van der Waals surface area (Å²) in [7, 11) is 1.62. The lowest BCUT2D eigenvalue weighted by Gasteiger charge is -2.10. The van der Waals surface area contributed by atoms with Gasteiger partial charge in [-0.3, -0.25) is 4.79 Å². The van der Waals surface area contributed by atoms with Gasteiger partial charge >= 0.3 is 5.97 Å². The van der Waals surface area contributed by atoms with Crippen LogP contribution in [0.15, 0.2) is 59.3 Å². The first-order valence-corrected chi connectivity index (χ1v) is 11.7. The number of ether oxygens (including phenoxy) is 2. The molecule has 1 aliphatic carbocycles. The molecule has 4 aromatic rings. The highest BCUT2D eigenvalue weighted by Crippen LogP contribution is 2.42. The minimum Gasteiger partial charge on any atom is -0.496 e. The van der Waals surface area contributed by atoms with E-state index in [0.29, 0.717) is 28.7 Å². The summed E-state index contributed by atoms with van der Waals surface area (Å²) in [5.41, 5.74) is 2.76. The zero-order chi connectivity index (χ0) is 25.1. The van der Waals surface area contributed by atoms with Crippen LogP contribution in [-0.2, 0) is 11.3 Å². The molecular formula is C26H25N5O5. The molecule has 184 valence electrons. The van der Waals surface area contributed by atoms with Gasteiger partial charge in [-0.1, -0.05) is 12.1 Å². The van der Waals surface area contributed by atoms with Gasteiger partial charge in [0.25, 0.3) is 11.9 Å². The first-order valence-electron chi connectivity index (χ1n) is 11.7. The molecule has 0 unspecified atom stereocenters. The third-order valence-electron chi connectivity index (χ3n) is 5.79. The van der Waals surface area contributed by atoms with Gasteiger partial charge in [0.05, 0.1) is 43.4 Å². The molecule has 1 amide bonds. The summed E-state index contributed by atoms with van der Waals surface area (Å²) in [4.78, 5) is 34.0. The van der Waals surface area contributed by atoms with E-state index in [4.69, 9.17) is 18.9 Å². The third-order valence-corrected chi connectivity index (χ3v) is 5.79. The summed E-state index contributed by atoms with van der Waals surface area (Å²) in [5.74, 6) is 0.990. The predicted octanol–water partition coefficient (Wildman–Crippen LogP) is 3.92. The molecule has 3 heterocycles. The number of amides is 1. The Hall–Kier alpha value is -4.47. The van der Waals surface area contributed by atoms with Gasteiger partial charge in [0.15, 0.2) is 0 Å². The van der Waals surface area contributed by atoms with Crippen LogP contribution in [0.5, 0.6) is 5.75 Å². The van der Waals surface area contributed by atoms with Crippen LogP contribution in [0.25, 0.3) is 17.2 Å². The molecule has 0 spiro atoms. The maximum Gasteiger partial charge on any atom is 0.374 e. The lowest BCUT2D eigenvalue weighted by Crippen LogP contribution is -2.23. The van der Waals surface area contributed by atoms with Crippen molar-refractivity contribution in [2.45, 2.75) is 32.2 Å². The van der Waals surface area contributed by atoms with Crippen LogP contribution < -0.4 is 10.1 Å². The second-order valence-corrected chi connectivity index (χ2v) is 8.24. The van der Waals surface area contributed by atoms with E-state index in [1.54, 1.807) is 31.0 Å². The van der Waals surface area contributed by atoms with E-state index in [-0.39, 0.29) is 30.7 Å². The maximum absolute atomic E-state index is 13.1. The zero-order valence-electron chi connectivity index (χ0n) is 19.9. The predicted molar refractivity (Wildman–Crippen MR) is 129 cm³/mol. The molecule has 0 bridgehead atoms. The van der Waals surface area contributed by atoms with E-state index in [1.807, 2.05) is 30.3 Å². The van der Waals surface area contributed by atoms with Crippen LogP contribution in [0.1, 0.15) is 58.1 Å². The molecule has 5 rings (SSSR count). The molecular weight excluding hydrogens is 462 g/mol. The SMILES string of the molecule is CCOC(=O)c1ccc(CNC(=O)c2cnn(-c3nccc(-c4ccccc4OC)n3)c2C2CC2)o1. The molecule has 3 aromatic heterocycles. The van der Waals surface area contributed by atoms with Crippen molar-refractivity contribution in [3.05, 3.63) is 77.6 Å². The van der Waals surface area contributed by atoms with Gasteiger partial charge in [-0.05, 0) is 50.1 Å². The summed E-state index contributed by atoms with van der Waals surface area (Å²) < 4.78 is 17.5. The Balaban J connectivity index is 1.38. The van der Waals surface area contributed by atoms with E-state index in [0.717, 1.165) is 24.1 Å². The largest absolute Gasteiger partial charge is 0.496 e. The van der Waals surface area contributed by atoms with Crippen molar-refractivity contribution < 1.29 is 23.5 Å². The van der Waals surface area contributed by atoms with Gasteiger partial charge in [-0.25, -0.2) is 19.4 Å². The summed E-state index contributed by atoms with van der Waals surface area (Å²) in [6, 6.07) is 12.6. The van der Waals surface area contributed by atoms with Crippen LogP contribution in [0.3, 0.4) is 0 Å². The number of furan rings is 1. The number of carbonyl (C=O) groups excluding carboxylic acids is 2. The van der Waals surface area contributed by atoms with Crippen molar-refractivity contribution in [2.24, 2.45) is 0 Å². The minimum absolute atomic E-state index is 0.0969. The maximum atomic E-state index is 13.1. The fourth-order valence-corrected chi connectivity index (χ4v) is 3.95. The van der Waals surface area contributed by atoms with E-state index in [9.17, 15) is 9.59 Å². The molecule has 1 aromatic carbocycles. The highest BCUT2D eigenvalue weighted by atomic mass is 16.5. The molecule has 0 atom stereocenters. The van der Waals surface area contributed by atoms with Gasteiger partial charge in [-0.2, -0.15) is 5.10 Å². The fraction of sp³-hybridized carbons (Fsp3) is 0.269. The highest BCUT2D eigenvalue weighted by Gasteiger charge is 2.33. The molecule has 1 aliphatic rings.